The normalized spacial score (nSPS) is 12.3. The molecule has 1 amide bonds. The van der Waals surface area contributed by atoms with Crippen LogP contribution in [0.3, 0.4) is 0 Å². The van der Waals surface area contributed by atoms with E-state index in [1.54, 1.807) is 0 Å². The Labute approximate surface area is 147 Å². The van der Waals surface area contributed by atoms with E-state index in [-0.39, 0.29) is 12.2 Å². The minimum absolute atomic E-state index is 0.162. The predicted molar refractivity (Wildman–Crippen MR) is 89.5 cm³/mol. The number of anilines is 1. The molecule has 0 aliphatic rings. The zero-order chi connectivity index (χ0) is 19.3. The summed E-state index contributed by atoms with van der Waals surface area (Å²) in [6.45, 7) is 1.72. The summed E-state index contributed by atoms with van der Waals surface area (Å²) in [5, 5.41) is 16.3. The lowest BCUT2D eigenvalue weighted by molar-refractivity contribution is -0.384. The average molecular weight is 367 g/mol. The van der Waals surface area contributed by atoms with Crippen molar-refractivity contribution in [1.82, 2.24) is 5.32 Å². The molecule has 0 bridgehead atoms. The van der Waals surface area contributed by atoms with Crippen LogP contribution >= 0.6 is 0 Å². The van der Waals surface area contributed by atoms with E-state index in [9.17, 15) is 28.1 Å². The molecule has 0 saturated heterocycles. The number of halogens is 3. The van der Waals surface area contributed by atoms with Gasteiger partial charge in [0, 0.05) is 12.6 Å². The Morgan fingerprint density at radius 2 is 1.85 bits per heavy atom. The number of hydrogen-bond acceptors (Lipinski definition) is 4. The molecule has 26 heavy (non-hydrogen) atoms. The fraction of sp³-hybridized carbons (Fsp3) is 0.235. The number of rotatable bonds is 6. The van der Waals surface area contributed by atoms with E-state index in [1.165, 1.54) is 6.92 Å². The third-order valence-corrected chi connectivity index (χ3v) is 3.60. The highest BCUT2D eigenvalue weighted by atomic mass is 19.4. The number of nitrogens with zero attached hydrogens (tertiary/aromatic N) is 1. The molecule has 2 N–H and O–H groups in total. The van der Waals surface area contributed by atoms with Gasteiger partial charge in [0.05, 0.1) is 10.5 Å². The fourth-order valence-electron chi connectivity index (χ4n) is 2.22. The molecule has 2 aromatic rings. The molecule has 0 radical (unpaired) electrons. The first-order chi connectivity index (χ1) is 12.2. The number of nitro groups is 1. The van der Waals surface area contributed by atoms with Crippen molar-refractivity contribution < 1.29 is 22.9 Å². The highest BCUT2D eigenvalue weighted by molar-refractivity contribution is 5.85. The van der Waals surface area contributed by atoms with Gasteiger partial charge in [-0.05, 0) is 24.6 Å². The first-order valence-corrected chi connectivity index (χ1v) is 7.62. The molecule has 138 valence electrons. The van der Waals surface area contributed by atoms with Crippen molar-refractivity contribution in [3.63, 3.8) is 0 Å². The van der Waals surface area contributed by atoms with Crippen LogP contribution in [0.15, 0.2) is 48.5 Å². The Hall–Kier alpha value is -3.10. The number of carbonyl (C=O) groups excluding carboxylic acids is 1. The van der Waals surface area contributed by atoms with Gasteiger partial charge in [-0.25, -0.2) is 0 Å². The van der Waals surface area contributed by atoms with Gasteiger partial charge in [-0.2, -0.15) is 13.2 Å². The number of nitro benzene ring substituents is 1. The highest BCUT2D eigenvalue weighted by Gasteiger charge is 2.33. The molecule has 0 fully saturated rings. The molecule has 0 unspecified atom stereocenters. The van der Waals surface area contributed by atoms with Gasteiger partial charge in [-0.1, -0.05) is 30.3 Å². The zero-order valence-corrected chi connectivity index (χ0v) is 13.7. The third-order valence-electron chi connectivity index (χ3n) is 3.60. The summed E-state index contributed by atoms with van der Waals surface area (Å²) in [5.41, 5.74) is -1.17. The molecule has 1 atom stereocenters. The van der Waals surface area contributed by atoms with Crippen molar-refractivity contribution in [2.24, 2.45) is 0 Å². The van der Waals surface area contributed by atoms with E-state index in [4.69, 9.17) is 0 Å². The first kappa shape index (κ1) is 19.2. The van der Waals surface area contributed by atoms with Gasteiger partial charge < -0.3 is 10.6 Å². The fourth-order valence-corrected chi connectivity index (χ4v) is 2.22. The number of alkyl halides is 3. The van der Waals surface area contributed by atoms with E-state index < -0.39 is 34.3 Å². The monoisotopic (exact) mass is 367 g/mol. The molecule has 2 rings (SSSR count). The maximum Gasteiger partial charge on any atom is 0.416 e. The smallest absolute Gasteiger partial charge is 0.368 e. The molecule has 0 aromatic heterocycles. The van der Waals surface area contributed by atoms with Crippen LogP contribution in [0.25, 0.3) is 0 Å². The Morgan fingerprint density at radius 1 is 1.19 bits per heavy atom. The summed E-state index contributed by atoms with van der Waals surface area (Å²) in [5.74, 6) is -0.442. The maximum atomic E-state index is 12.7. The lowest BCUT2D eigenvalue weighted by Crippen LogP contribution is -2.37. The van der Waals surface area contributed by atoms with Gasteiger partial charge in [0.25, 0.3) is 5.69 Å². The molecular weight excluding hydrogens is 351 g/mol. The van der Waals surface area contributed by atoms with E-state index >= 15 is 0 Å². The van der Waals surface area contributed by atoms with E-state index in [2.05, 4.69) is 10.6 Å². The minimum Gasteiger partial charge on any atom is -0.368 e. The van der Waals surface area contributed by atoms with Crippen LogP contribution in [0.2, 0.25) is 0 Å². The summed E-state index contributed by atoms with van der Waals surface area (Å²) in [6, 6.07) is 10.3. The van der Waals surface area contributed by atoms with Gasteiger partial charge in [0.2, 0.25) is 5.91 Å². The Bertz CT molecular complexity index is 795. The first-order valence-electron chi connectivity index (χ1n) is 7.62. The highest BCUT2D eigenvalue weighted by Crippen LogP contribution is 2.35. The van der Waals surface area contributed by atoms with Crippen molar-refractivity contribution in [1.29, 1.82) is 0 Å². The van der Waals surface area contributed by atoms with Crippen LogP contribution in [0.1, 0.15) is 18.1 Å². The van der Waals surface area contributed by atoms with Gasteiger partial charge in [-0.15, -0.1) is 0 Å². The van der Waals surface area contributed by atoms with Crippen LogP contribution in [0.4, 0.5) is 24.5 Å². The molecule has 2 aromatic carbocycles. The summed E-state index contributed by atoms with van der Waals surface area (Å²) in [6.07, 6.45) is -4.69. The maximum absolute atomic E-state index is 12.7. The standard InChI is InChI=1S/C17H16F3N3O3/c1-11(16(24)21-10-12-5-3-2-4-6-12)22-14-8-7-13(17(18,19)20)9-15(14)23(25)26/h2-9,11,22H,10H2,1H3,(H,21,24)/t11-/m0/s1. The Kier molecular flexibility index (Phi) is 5.81. The van der Waals surface area contributed by atoms with Crippen LogP contribution < -0.4 is 10.6 Å². The number of carbonyl (C=O) groups is 1. The summed E-state index contributed by atoms with van der Waals surface area (Å²) < 4.78 is 38.1. The van der Waals surface area contributed by atoms with E-state index in [0.717, 1.165) is 17.7 Å². The molecular formula is C17H16F3N3O3. The van der Waals surface area contributed by atoms with Crippen molar-refractivity contribution in [2.75, 3.05) is 5.32 Å². The topological polar surface area (TPSA) is 84.3 Å². The summed E-state index contributed by atoms with van der Waals surface area (Å²) in [7, 11) is 0. The number of benzene rings is 2. The average Bonchev–Trinajstić information content (AvgIpc) is 2.59. The largest absolute Gasteiger partial charge is 0.416 e. The molecule has 0 heterocycles. The lowest BCUT2D eigenvalue weighted by Gasteiger charge is -2.16. The van der Waals surface area contributed by atoms with Crippen molar-refractivity contribution in [3.05, 3.63) is 69.8 Å². The van der Waals surface area contributed by atoms with E-state index in [1.807, 2.05) is 30.3 Å². The van der Waals surface area contributed by atoms with Crippen molar-refractivity contribution in [2.45, 2.75) is 25.7 Å². The molecule has 0 aliphatic carbocycles. The van der Waals surface area contributed by atoms with Gasteiger partial charge in [-0.3, -0.25) is 14.9 Å². The Balaban J connectivity index is 2.08. The van der Waals surface area contributed by atoms with Crippen LogP contribution in [0, 0.1) is 10.1 Å². The number of nitrogens with one attached hydrogen (secondary N) is 2. The van der Waals surface area contributed by atoms with Crippen LogP contribution in [-0.4, -0.2) is 16.9 Å². The second kappa shape index (κ2) is 7.85. The molecule has 9 heteroatoms. The molecule has 0 spiro atoms. The van der Waals surface area contributed by atoms with Gasteiger partial charge in [0.1, 0.15) is 11.7 Å². The molecule has 6 nitrogen and oxygen atoms in total. The second-order valence-electron chi connectivity index (χ2n) is 5.56. The second-order valence-corrected chi connectivity index (χ2v) is 5.56. The summed E-state index contributed by atoms with van der Waals surface area (Å²) in [4.78, 5) is 22.2. The SMILES string of the molecule is C[C@H](Nc1ccc(C(F)(F)F)cc1[N+](=O)[O-])C(=O)NCc1ccccc1. The zero-order valence-electron chi connectivity index (χ0n) is 13.7. The third kappa shape index (κ3) is 4.95. The van der Waals surface area contributed by atoms with Gasteiger partial charge in [0.15, 0.2) is 0 Å². The lowest BCUT2D eigenvalue weighted by atomic mass is 10.1. The molecule has 0 aliphatic heterocycles. The molecule has 0 saturated carbocycles. The minimum atomic E-state index is -4.69. The van der Waals surface area contributed by atoms with E-state index in [0.29, 0.717) is 6.07 Å². The quantitative estimate of drug-likeness (QED) is 0.602. The Morgan fingerprint density at radius 3 is 2.42 bits per heavy atom. The number of amides is 1. The van der Waals surface area contributed by atoms with Gasteiger partial charge >= 0.3 is 6.18 Å². The van der Waals surface area contributed by atoms with Crippen LogP contribution in [0.5, 0.6) is 0 Å². The van der Waals surface area contributed by atoms with Crippen LogP contribution in [-0.2, 0) is 17.5 Å². The van der Waals surface area contributed by atoms with Crippen molar-refractivity contribution >= 4 is 17.3 Å². The predicted octanol–water partition coefficient (Wildman–Crippen LogP) is 3.73. The van der Waals surface area contributed by atoms with Crippen molar-refractivity contribution in [3.8, 4) is 0 Å². The summed E-state index contributed by atoms with van der Waals surface area (Å²) >= 11 is 0. The number of hydrogen-bond donors (Lipinski definition) is 2.